The van der Waals surface area contributed by atoms with E-state index < -0.39 is 25.8 Å². The SMILES string of the molecule is CCOC(=O)[C@]12CC(O[Si](C)(C)C)=CC[C@H]1C(=O)C=C(c1ccccc1)O2. The molecule has 5 nitrogen and oxygen atoms in total. The van der Waals surface area contributed by atoms with E-state index in [0.29, 0.717) is 17.9 Å². The smallest absolute Gasteiger partial charge is 0.351 e. The summed E-state index contributed by atoms with van der Waals surface area (Å²) in [5.41, 5.74) is -0.619. The van der Waals surface area contributed by atoms with Crippen molar-refractivity contribution in [2.24, 2.45) is 5.92 Å². The van der Waals surface area contributed by atoms with E-state index in [4.69, 9.17) is 13.9 Å². The zero-order valence-electron chi connectivity index (χ0n) is 16.3. The highest BCUT2D eigenvalue weighted by molar-refractivity contribution is 6.70. The van der Waals surface area contributed by atoms with Crippen molar-refractivity contribution in [3.8, 4) is 0 Å². The van der Waals surface area contributed by atoms with Gasteiger partial charge in [-0.1, -0.05) is 30.3 Å². The second kappa shape index (κ2) is 7.35. The molecule has 1 aromatic rings. The number of ketones is 1. The predicted octanol–water partition coefficient (Wildman–Crippen LogP) is 4.07. The molecule has 0 amide bonds. The van der Waals surface area contributed by atoms with Crippen LogP contribution >= 0.6 is 0 Å². The zero-order chi connectivity index (χ0) is 19.7. The molecule has 144 valence electrons. The van der Waals surface area contributed by atoms with Crippen LogP contribution in [0.25, 0.3) is 5.76 Å². The Balaban J connectivity index is 2.01. The third-order valence-corrected chi connectivity index (χ3v) is 5.48. The van der Waals surface area contributed by atoms with E-state index in [1.807, 2.05) is 36.4 Å². The molecular formula is C21H26O5Si. The largest absolute Gasteiger partial charge is 0.547 e. The Morgan fingerprint density at radius 2 is 1.96 bits per heavy atom. The number of benzene rings is 1. The number of fused-ring (bicyclic) bond motifs is 1. The second-order valence-corrected chi connectivity index (χ2v) is 12.3. The van der Waals surface area contributed by atoms with E-state index in [1.165, 1.54) is 6.08 Å². The third-order valence-electron chi connectivity index (χ3n) is 4.61. The van der Waals surface area contributed by atoms with Gasteiger partial charge in [-0.25, -0.2) is 4.79 Å². The normalized spacial score (nSPS) is 24.9. The maximum atomic E-state index is 13.0. The first-order chi connectivity index (χ1) is 12.7. The Kier molecular flexibility index (Phi) is 5.28. The minimum Gasteiger partial charge on any atom is -0.547 e. The fourth-order valence-corrected chi connectivity index (χ4v) is 4.47. The van der Waals surface area contributed by atoms with Gasteiger partial charge in [0.1, 0.15) is 5.76 Å². The van der Waals surface area contributed by atoms with Crippen LogP contribution in [0.2, 0.25) is 19.6 Å². The highest BCUT2D eigenvalue weighted by Crippen LogP contribution is 2.45. The van der Waals surface area contributed by atoms with Crippen molar-refractivity contribution in [1.29, 1.82) is 0 Å². The quantitative estimate of drug-likeness (QED) is 0.564. The van der Waals surface area contributed by atoms with Crippen LogP contribution in [0.3, 0.4) is 0 Å². The van der Waals surface area contributed by atoms with Crippen LogP contribution in [0.15, 0.2) is 48.2 Å². The summed E-state index contributed by atoms with van der Waals surface area (Å²) >= 11 is 0. The van der Waals surface area contributed by atoms with Crippen molar-refractivity contribution in [3.63, 3.8) is 0 Å². The molecule has 0 unspecified atom stereocenters. The fourth-order valence-electron chi connectivity index (χ4n) is 3.53. The molecule has 6 heteroatoms. The van der Waals surface area contributed by atoms with Gasteiger partial charge in [0, 0.05) is 11.6 Å². The Morgan fingerprint density at radius 1 is 1.26 bits per heavy atom. The van der Waals surface area contributed by atoms with E-state index in [9.17, 15) is 9.59 Å². The van der Waals surface area contributed by atoms with Crippen LogP contribution in [-0.2, 0) is 23.5 Å². The molecule has 0 aromatic heterocycles. The molecule has 2 aliphatic rings. The minimum absolute atomic E-state index is 0.114. The van der Waals surface area contributed by atoms with Crippen LogP contribution in [0, 0.1) is 5.92 Å². The van der Waals surface area contributed by atoms with Crippen LogP contribution < -0.4 is 0 Å². The van der Waals surface area contributed by atoms with E-state index in [2.05, 4.69) is 19.6 Å². The monoisotopic (exact) mass is 386 g/mol. The van der Waals surface area contributed by atoms with Gasteiger partial charge >= 0.3 is 5.97 Å². The highest BCUT2D eigenvalue weighted by Gasteiger charge is 2.57. The molecule has 0 bridgehead atoms. The number of carbonyl (C=O) groups excluding carboxylic acids is 2. The number of rotatable bonds is 5. The molecule has 0 saturated heterocycles. The average Bonchev–Trinajstić information content (AvgIpc) is 2.61. The molecular weight excluding hydrogens is 360 g/mol. The first-order valence-electron chi connectivity index (χ1n) is 9.30. The number of hydrogen-bond donors (Lipinski definition) is 0. The summed E-state index contributed by atoms with van der Waals surface area (Å²) in [7, 11) is -1.86. The van der Waals surface area contributed by atoms with Crippen LogP contribution in [0.5, 0.6) is 0 Å². The third kappa shape index (κ3) is 4.00. The van der Waals surface area contributed by atoms with E-state index in [-0.39, 0.29) is 18.8 Å². The molecule has 2 atom stereocenters. The second-order valence-electron chi connectivity index (χ2n) is 7.84. The first kappa shape index (κ1) is 19.4. The zero-order valence-corrected chi connectivity index (χ0v) is 17.3. The standard InChI is InChI=1S/C21H26O5Si/c1-5-24-20(23)21-14-16(26-27(2,3)4)11-12-17(21)18(22)13-19(25-21)15-9-7-6-8-10-15/h6-11,13,17H,5,12,14H2,1-4H3/t17-,21-/m0/s1. The minimum atomic E-state index is -1.86. The summed E-state index contributed by atoms with van der Waals surface area (Å²) in [6, 6.07) is 9.34. The maximum absolute atomic E-state index is 13.0. The number of hydrogen-bond acceptors (Lipinski definition) is 5. The molecule has 1 aromatic carbocycles. The van der Waals surface area contributed by atoms with Gasteiger partial charge in [-0.3, -0.25) is 4.79 Å². The number of ether oxygens (including phenoxy) is 2. The number of esters is 1. The van der Waals surface area contributed by atoms with Gasteiger partial charge in [0.2, 0.25) is 13.9 Å². The van der Waals surface area contributed by atoms with Crippen LogP contribution in [-0.4, -0.2) is 32.3 Å². The lowest BCUT2D eigenvalue weighted by atomic mass is 9.73. The van der Waals surface area contributed by atoms with Gasteiger partial charge in [-0.15, -0.1) is 0 Å². The van der Waals surface area contributed by atoms with E-state index >= 15 is 0 Å². The van der Waals surface area contributed by atoms with Crippen LogP contribution in [0.1, 0.15) is 25.3 Å². The van der Waals surface area contributed by atoms with Crippen molar-refractivity contribution in [1.82, 2.24) is 0 Å². The first-order valence-corrected chi connectivity index (χ1v) is 12.7. The molecule has 0 radical (unpaired) electrons. The summed E-state index contributed by atoms with van der Waals surface area (Å²) in [5.74, 6) is -0.108. The van der Waals surface area contributed by atoms with Crippen molar-refractivity contribution < 1.29 is 23.5 Å². The predicted molar refractivity (Wildman–Crippen MR) is 105 cm³/mol. The van der Waals surface area contributed by atoms with Crippen molar-refractivity contribution in [2.45, 2.75) is 45.0 Å². The van der Waals surface area contributed by atoms with Gasteiger partial charge in [0.05, 0.1) is 24.7 Å². The Morgan fingerprint density at radius 3 is 2.59 bits per heavy atom. The summed E-state index contributed by atoms with van der Waals surface area (Å²) in [6.45, 7) is 8.22. The fraction of sp³-hybridized carbons (Fsp3) is 0.429. The van der Waals surface area contributed by atoms with Crippen molar-refractivity contribution in [3.05, 3.63) is 53.8 Å². The van der Waals surface area contributed by atoms with Gasteiger partial charge in [-0.2, -0.15) is 0 Å². The highest BCUT2D eigenvalue weighted by atomic mass is 28.4. The molecule has 1 aliphatic heterocycles. The molecule has 0 spiro atoms. The lowest BCUT2D eigenvalue weighted by Gasteiger charge is -2.43. The molecule has 0 saturated carbocycles. The molecule has 1 heterocycles. The summed E-state index contributed by atoms with van der Waals surface area (Å²) in [6.07, 6.45) is 4.02. The van der Waals surface area contributed by atoms with Gasteiger partial charge in [0.15, 0.2) is 5.78 Å². The lowest BCUT2D eigenvalue weighted by molar-refractivity contribution is -0.175. The molecule has 3 rings (SSSR count). The van der Waals surface area contributed by atoms with Gasteiger partial charge in [0.25, 0.3) is 0 Å². The van der Waals surface area contributed by atoms with Gasteiger partial charge in [-0.05, 0) is 39.1 Å². The van der Waals surface area contributed by atoms with E-state index in [0.717, 1.165) is 5.56 Å². The van der Waals surface area contributed by atoms with Crippen molar-refractivity contribution >= 4 is 25.8 Å². The topological polar surface area (TPSA) is 61.8 Å². The Hall–Kier alpha value is -2.34. The molecule has 1 aliphatic carbocycles. The Labute approximate surface area is 161 Å². The van der Waals surface area contributed by atoms with Crippen molar-refractivity contribution in [2.75, 3.05) is 6.61 Å². The summed E-state index contributed by atoms with van der Waals surface area (Å²) < 4.78 is 17.7. The summed E-state index contributed by atoms with van der Waals surface area (Å²) in [5, 5.41) is 0. The average molecular weight is 387 g/mol. The molecule has 27 heavy (non-hydrogen) atoms. The molecule has 0 N–H and O–H groups in total. The maximum Gasteiger partial charge on any atom is 0.351 e. The van der Waals surface area contributed by atoms with E-state index in [1.54, 1.807) is 6.92 Å². The molecule has 0 fully saturated rings. The number of allylic oxidation sites excluding steroid dienone is 2. The van der Waals surface area contributed by atoms with Crippen LogP contribution in [0.4, 0.5) is 0 Å². The lowest BCUT2D eigenvalue weighted by Crippen LogP contribution is -2.55. The van der Waals surface area contributed by atoms with Gasteiger partial charge < -0.3 is 13.9 Å². The number of carbonyl (C=O) groups is 2. The summed E-state index contributed by atoms with van der Waals surface area (Å²) in [4.78, 5) is 25.9. The Bertz CT molecular complexity index is 791.